The van der Waals surface area contributed by atoms with Gasteiger partial charge in [0.1, 0.15) is 12.3 Å². The summed E-state index contributed by atoms with van der Waals surface area (Å²) in [5.74, 6) is -3.70. The fourth-order valence-electron chi connectivity index (χ4n) is 3.33. The van der Waals surface area contributed by atoms with Crippen molar-refractivity contribution in [3.8, 4) is 5.75 Å². The average Bonchev–Trinajstić information content (AvgIpc) is 2.68. The summed E-state index contributed by atoms with van der Waals surface area (Å²) >= 11 is 5.93. The number of allylic oxidation sites excluding steroid dienone is 1. The molecule has 3 nitrogen and oxygen atoms in total. The first kappa shape index (κ1) is 18.6. The summed E-state index contributed by atoms with van der Waals surface area (Å²) in [6.45, 7) is -0.744. The molecule has 0 saturated heterocycles. The lowest BCUT2D eigenvalue weighted by molar-refractivity contribution is -0.136. The van der Waals surface area contributed by atoms with Gasteiger partial charge in [-0.15, -0.1) is 0 Å². The molecule has 3 rings (SSSR count). The molecule has 0 unspecified atom stereocenters. The lowest BCUT2D eigenvalue weighted by atomic mass is 9.85. The molecule has 1 aliphatic rings. The Kier molecular flexibility index (Phi) is 5.75. The number of aryl methyl sites for hydroxylation is 2. The Morgan fingerprint density at radius 3 is 2.66 bits per heavy atom. The predicted molar refractivity (Wildman–Crippen MR) is 110 cm³/mol. The van der Waals surface area contributed by atoms with Crippen molar-refractivity contribution in [3.05, 3.63) is 69.8 Å². The Bertz CT molecular complexity index is 1000. The Morgan fingerprint density at radius 2 is 2.00 bits per heavy atom. The standard InChI is InChI=1S/C23H23ClF2O3/c1-15-12-16(3-9-22(27)28)2-8-21(15)29-14-18-13-23(25,26)11-10-20(18)17-4-6-19(24)7-5-17/h2,4-8,12H,3,9-11,13-14H2,1H3,(H,27,28)/i14D2. The van der Waals surface area contributed by atoms with E-state index in [1.807, 2.05) is 0 Å². The summed E-state index contributed by atoms with van der Waals surface area (Å²) in [7, 11) is 0. The van der Waals surface area contributed by atoms with Crippen LogP contribution in [0.1, 0.15) is 45.1 Å². The van der Waals surface area contributed by atoms with E-state index in [0.29, 0.717) is 28.1 Å². The van der Waals surface area contributed by atoms with Crippen LogP contribution in [0.4, 0.5) is 8.78 Å². The summed E-state index contributed by atoms with van der Waals surface area (Å²) in [5.41, 5.74) is 2.44. The van der Waals surface area contributed by atoms with Crippen LogP contribution in [0.25, 0.3) is 5.57 Å². The first-order valence-corrected chi connectivity index (χ1v) is 9.71. The molecule has 1 aliphatic carbocycles. The van der Waals surface area contributed by atoms with Gasteiger partial charge in [0.05, 0.1) is 2.74 Å². The van der Waals surface area contributed by atoms with Crippen molar-refractivity contribution in [1.29, 1.82) is 0 Å². The van der Waals surface area contributed by atoms with Gasteiger partial charge in [-0.3, -0.25) is 4.79 Å². The van der Waals surface area contributed by atoms with E-state index >= 15 is 0 Å². The summed E-state index contributed by atoms with van der Waals surface area (Å²) in [6, 6.07) is 11.6. The molecule has 2 aromatic carbocycles. The largest absolute Gasteiger partial charge is 0.489 e. The lowest BCUT2D eigenvalue weighted by Crippen LogP contribution is -2.24. The van der Waals surface area contributed by atoms with Crippen LogP contribution in [0.2, 0.25) is 5.02 Å². The molecule has 0 bridgehead atoms. The van der Waals surface area contributed by atoms with Crippen molar-refractivity contribution in [1.82, 2.24) is 0 Å². The Labute approximate surface area is 176 Å². The Balaban J connectivity index is 1.93. The zero-order valence-electron chi connectivity index (χ0n) is 18.0. The number of ether oxygens (including phenoxy) is 1. The first-order chi connectivity index (χ1) is 14.5. The first-order valence-electron chi connectivity index (χ1n) is 10.3. The van der Waals surface area contributed by atoms with E-state index in [0.717, 1.165) is 5.56 Å². The predicted octanol–water partition coefficient (Wildman–Crippen LogP) is 6.32. The highest BCUT2D eigenvalue weighted by atomic mass is 35.5. The molecule has 0 aliphatic heterocycles. The van der Waals surface area contributed by atoms with E-state index in [9.17, 15) is 13.6 Å². The van der Waals surface area contributed by atoms with Gasteiger partial charge in [0.25, 0.3) is 5.92 Å². The van der Waals surface area contributed by atoms with Gasteiger partial charge in [0, 0.05) is 24.3 Å². The fourth-order valence-corrected chi connectivity index (χ4v) is 3.46. The summed E-state index contributed by atoms with van der Waals surface area (Å²) < 4.78 is 51.1. The van der Waals surface area contributed by atoms with Crippen LogP contribution in [-0.2, 0) is 11.2 Å². The maximum absolute atomic E-state index is 14.2. The van der Waals surface area contributed by atoms with Crippen LogP contribution >= 0.6 is 11.6 Å². The third-order valence-corrected chi connectivity index (χ3v) is 5.14. The molecule has 0 atom stereocenters. The van der Waals surface area contributed by atoms with Gasteiger partial charge in [0.2, 0.25) is 0 Å². The lowest BCUT2D eigenvalue weighted by Gasteiger charge is -2.28. The molecular formula is C23H23ClF2O3. The van der Waals surface area contributed by atoms with Crippen molar-refractivity contribution in [2.24, 2.45) is 0 Å². The van der Waals surface area contributed by atoms with Crippen molar-refractivity contribution >= 4 is 23.1 Å². The molecule has 0 radical (unpaired) electrons. The average molecular weight is 423 g/mol. The van der Waals surface area contributed by atoms with Gasteiger partial charge in [-0.1, -0.05) is 35.9 Å². The second-order valence-electron chi connectivity index (χ2n) is 7.19. The molecule has 0 amide bonds. The van der Waals surface area contributed by atoms with Crippen molar-refractivity contribution in [2.45, 2.75) is 45.0 Å². The summed E-state index contributed by atoms with van der Waals surface area (Å²) in [5, 5.41) is 9.33. The number of alkyl halides is 2. The van der Waals surface area contributed by atoms with Gasteiger partial charge < -0.3 is 9.84 Å². The zero-order chi connectivity index (χ0) is 22.8. The number of benzene rings is 2. The van der Waals surface area contributed by atoms with E-state index in [4.69, 9.17) is 24.2 Å². The maximum Gasteiger partial charge on any atom is 0.303 e. The van der Waals surface area contributed by atoms with E-state index in [2.05, 4.69) is 0 Å². The zero-order valence-corrected chi connectivity index (χ0v) is 16.7. The molecule has 0 heterocycles. The molecule has 0 aromatic heterocycles. The second-order valence-corrected chi connectivity index (χ2v) is 7.63. The van der Waals surface area contributed by atoms with E-state index in [-0.39, 0.29) is 30.6 Å². The topological polar surface area (TPSA) is 46.5 Å². The fraction of sp³-hybridized carbons (Fsp3) is 0.348. The second kappa shape index (κ2) is 8.95. The summed E-state index contributed by atoms with van der Waals surface area (Å²) in [4.78, 5) is 10.8. The van der Waals surface area contributed by atoms with Crippen LogP contribution < -0.4 is 4.74 Å². The molecule has 154 valence electrons. The highest BCUT2D eigenvalue weighted by molar-refractivity contribution is 6.30. The third-order valence-electron chi connectivity index (χ3n) is 4.88. The van der Waals surface area contributed by atoms with Gasteiger partial charge in [-0.05, 0) is 65.8 Å². The smallest absolute Gasteiger partial charge is 0.303 e. The van der Waals surface area contributed by atoms with Crippen LogP contribution in [0.15, 0.2) is 48.0 Å². The minimum absolute atomic E-state index is 0.0209. The number of hydrogen-bond donors (Lipinski definition) is 1. The van der Waals surface area contributed by atoms with Crippen molar-refractivity contribution < 1.29 is 26.2 Å². The highest BCUT2D eigenvalue weighted by Crippen LogP contribution is 2.41. The number of carbonyl (C=O) groups is 1. The van der Waals surface area contributed by atoms with Crippen LogP contribution in [0, 0.1) is 6.92 Å². The van der Waals surface area contributed by atoms with Crippen molar-refractivity contribution in [3.63, 3.8) is 0 Å². The van der Waals surface area contributed by atoms with Gasteiger partial charge >= 0.3 is 5.97 Å². The van der Waals surface area contributed by atoms with E-state index < -0.39 is 24.9 Å². The number of rotatable bonds is 7. The molecule has 0 fully saturated rings. The number of aliphatic carboxylic acids is 1. The monoisotopic (exact) mass is 422 g/mol. The molecule has 1 N–H and O–H groups in total. The van der Waals surface area contributed by atoms with Gasteiger partial charge in [-0.25, -0.2) is 8.78 Å². The number of carboxylic acid groups (broad SMARTS) is 1. The van der Waals surface area contributed by atoms with Crippen molar-refractivity contribution in [2.75, 3.05) is 6.56 Å². The Hall–Kier alpha value is -2.40. The minimum atomic E-state index is -3.02. The van der Waals surface area contributed by atoms with E-state index in [1.54, 1.807) is 49.4 Å². The SMILES string of the molecule is [2H]C([2H])(Oc1ccc(CCC(=O)O)cc1C)C1=C(c2ccc(Cl)cc2)CCC(F)(F)C1. The van der Waals surface area contributed by atoms with Gasteiger partial charge in [-0.2, -0.15) is 0 Å². The summed E-state index contributed by atoms with van der Waals surface area (Å²) in [6.07, 6.45) is -0.746. The third kappa shape index (κ3) is 5.80. The quantitative estimate of drug-likeness (QED) is 0.568. The molecule has 0 saturated carbocycles. The number of hydrogen-bond acceptors (Lipinski definition) is 2. The molecule has 0 spiro atoms. The molecule has 29 heavy (non-hydrogen) atoms. The van der Waals surface area contributed by atoms with E-state index in [1.165, 1.54) is 0 Å². The highest BCUT2D eigenvalue weighted by Gasteiger charge is 2.35. The molecular weight excluding hydrogens is 398 g/mol. The minimum Gasteiger partial charge on any atom is -0.489 e. The van der Waals surface area contributed by atoms with Crippen LogP contribution in [0.3, 0.4) is 0 Å². The molecule has 6 heteroatoms. The number of halogens is 3. The van der Waals surface area contributed by atoms with Gasteiger partial charge in [0.15, 0.2) is 0 Å². The Morgan fingerprint density at radius 1 is 1.28 bits per heavy atom. The van der Waals surface area contributed by atoms with Crippen LogP contribution in [0.5, 0.6) is 5.75 Å². The maximum atomic E-state index is 14.2. The number of carboxylic acids is 1. The normalized spacial score (nSPS) is 17.5. The molecule has 2 aromatic rings. The van der Waals surface area contributed by atoms with Crippen LogP contribution in [-0.4, -0.2) is 23.6 Å².